The van der Waals surface area contributed by atoms with Crippen LogP contribution in [0.2, 0.25) is 10.0 Å². The number of amides is 3. The van der Waals surface area contributed by atoms with E-state index in [-0.39, 0.29) is 24.1 Å². The number of rotatable bonds is 7. The second kappa shape index (κ2) is 10.8. The van der Waals surface area contributed by atoms with E-state index in [0.29, 0.717) is 21.8 Å². The summed E-state index contributed by atoms with van der Waals surface area (Å²) in [5, 5.41) is 14.9. The van der Waals surface area contributed by atoms with Crippen molar-refractivity contribution in [2.75, 3.05) is 25.5 Å². The summed E-state index contributed by atoms with van der Waals surface area (Å²) in [7, 11) is 3.06. The fourth-order valence-electron chi connectivity index (χ4n) is 2.53. The Morgan fingerprint density at radius 1 is 1.10 bits per heavy atom. The van der Waals surface area contributed by atoms with Crippen LogP contribution in [-0.4, -0.2) is 43.5 Å². The predicted octanol–water partition coefficient (Wildman–Crippen LogP) is 2.64. The van der Waals surface area contributed by atoms with E-state index in [1.165, 1.54) is 24.1 Å². The first-order chi connectivity index (χ1) is 14.3. The van der Waals surface area contributed by atoms with Crippen LogP contribution in [0.15, 0.2) is 42.5 Å². The van der Waals surface area contributed by atoms with Gasteiger partial charge in [0.25, 0.3) is 5.91 Å². The quantitative estimate of drug-likeness (QED) is 0.565. The van der Waals surface area contributed by atoms with Crippen LogP contribution in [0, 0.1) is 0 Å². The summed E-state index contributed by atoms with van der Waals surface area (Å²) in [6, 6.07) is 9.79. The second-order valence-corrected chi connectivity index (χ2v) is 7.01. The molecule has 158 valence electrons. The molecular weight excluding hydrogens is 429 g/mol. The minimum absolute atomic E-state index is 0.173. The molecule has 0 aliphatic carbocycles. The van der Waals surface area contributed by atoms with Crippen LogP contribution in [-0.2, 0) is 16.2 Å². The standard InChI is InChI=1S/C21H21Cl2N3O4/c1-24-21(30)14-6-3-13(4-7-14)5-10-18(28)25-11-19(29)26(2)17-9-8-16(22)15(12-27)20(17)23/h3-10,27H,11-12H2,1-2H3,(H,24,30)(H,25,28). The molecule has 0 aliphatic heterocycles. The molecule has 2 aromatic rings. The maximum Gasteiger partial charge on any atom is 0.251 e. The van der Waals surface area contributed by atoms with E-state index in [0.717, 1.165) is 5.56 Å². The van der Waals surface area contributed by atoms with E-state index in [9.17, 15) is 19.5 Å². The van der Waals surface area contributed by atoms with Crippen LogP contribution in [0.3, 0.4) is 0 Å². The summed E-state index contributed by atoms with van der Waals surface area (Å²) in [6.45, 7) is -0.609. The van der Waals surface area contributed by atoms with Crippen LogP contribution in [0.4, 0.5) is 5.69 Å². The average molecular weight is 450 g/mol. The number of aliphatic hydroxyl groups is 1. The maximum atomic E-state index is 12.4. The Balaban J connectivity index is 1.95. The molecule has 0 spiro atoms. The summed E-state index contributed by atoms with van der Waals surface area (Å²) in [6.07, 6.45) is 2.86. The zero-order valence-electron chi connectivity index (χ0n) is 16.4. The number of nitrogens with one attached hydrogen (secondary N) is 2. The molecule has 2 aromatic carbocycles. The molecule has 9 heteroatoms. The summed E-state index contributed by atoms with van der Waals surface area (Å²) in [5.41, 5.74) is 1.93. The van der Waals surface area contributed by atoms with Crippen LogP contribution in [0.1, 0.15) is 21.5 Å². The number of anilines is 1. The first-order valence-electron chi connectivity index (χ1n) is 8.90. The molecular formula is C21H21Cl2N3O4. The second-order valence-electron chi connectivity index (χ2n) is 6.22. The lowest BCUT2D eigenvalue weighted by molar-refractivity contribution is -0.122. The number of carbonyl (C=O) groups excluding carboxylic acids is 3. The molecule has 0 aliphatic rings. The van der Waals surface area contributed by atoms with E-state index in [2.05, 4.69) is 10.6 Å². The Morgan fingerprint density at radius 3 is 2.37 bits per heavy atom. The number of likely N-dealkylation sites (N-methyl/N-ethyl adjacent to an activating group) is 1. The molecule has 0 aromatic heterocycles. The van der Waals surface area contributed by atoms with Gasteiger partial charge >= 0.3 is 0 Å². The van der Waals surface area contributed by atoms with Crippen molar-refractivity contribution < 1.29 is 19.5 Å². The van der Waals surface area contributed by atoms with Crippen molar-refractivity contribution in [1.82, 2.24) is 10.6 Å². The summed E-state index contributed by atoms with van der Waals surface area (Å²) >= 11 is 12.2. The number of benzene rings is 2. The van der Waals surface area contributed by atoms with Crippen LogP contribution in [0.25, 0.3) is 6.08 Å². The van der Waals surface area contributed by atoms with Crippen molar-refractivity contribution in [3.05, 3.63) is 69.2 Å². The molecule has 0 saturated carbocycles. The first kappa shape index (κ1) is 23.4. The Hall–Kier alpha value is -2.87. The highest BCUT2D eigenvalue weighted by Crippen LogP contribution is 2.33. The molecule has 0 atom stereocenters. The van der Waals surface area contributed by atoms with E-state index in [4.69, 9.17) is 23.2 Å². The Kier molecular flexibility index (Phi) is 8.41. The first-order valence-corrected chi connectivity index (χ1v) is 9.66. The molecule has 0 unspecified atom stereocenters. The molecule has 0 saturated heterocycles. The third kappa shape index (κ3) is 5.82. The highest BCUT2D eigenvalue weighted by atomic mass is 35.5. The highest BCUT2D eigenvalue weighted by molar-refractivity contribution is 6.38. The van der Waals surface area contributed by atoms with Crippen LogP contribution in [0.5, 0.6) is 0 Å². The van der Waals surface area contributed by atoms with Crippen LogP contribution >= 0.6 is 23.2 Å². The molecule has 30 heavy (non-hydrogen) atoms. The van der Waals surface area contributed by atoms with Gasteiger partial charge in [0.1, 0.15) is 0 Å². The van der Waals surface area contributed by atoms with Gasteiger partial charge in [0, 0.05) is 36.3 Å². The minimum Gasteiger partial charge on any atom is -0.392 e. The number of aliphatic hydroxyl groups excluding tert-OH is 1. The van der Waals surface area contributed by atoms with Crippen molar-refractivity contribution in [1.29, 1.82) is 0 Å². The molecule has 0 radical (unpaired) electrons. The van der Waals surface area contributed by atoms with Crippen molar-refractivity contribution in [2.24, 2.45) is 0 Å². The van der Waals surface area contributed by atoms with Crippen molar-refractivity contribution in [3.8, 4) is 0 Å². The Labute approximate surface area is 184 Å². The normalized spacial score (nSPS) is 10.7. The van der Waals surface area contributed by atoms with Gasteiger partial charge in [-0.3, -0.25) is 14.4 Å². The van der Waals surface area contributed by atoms with E-state index < -0.39 is 11.8 Å². The number of carbonyl (C=O) groups is 3. The fraction of sp³-hybridized carbons (Fsp3) is 0.190. The smallest absolute Gasteiger partial charge is 0.251 e. The van der Waals surface area contributed by atoms with E-state index in [1.807, 2.05) is 0 Å². The lowest BCUT2D eigenvalue weighted by Gasteiger charge is -2.20. The minimum atomic E-state index is -0.453. The van der Waals surface area contributed by atoms with Gasteiger partial charge in [-0.2, -0.15) is 0 Å². The maximum absolute atomic E-state index is 12.4. The Bertz CT molecular complexity index is 975. The summed E-state index contributed by atoms with van der Waals surface area (Å²) in [4.78, 5) is 37.2. The third-order valence-electron chi connectivity index (χ3n) is 4.30. The van der Waals surface area contributed by atoms with Gasteiger partial charge in [0.15, 0.2) is 0 Å². The van der Waals surface area contributed by atoms with E-state index in [1.54, 1.807) is 43.5 Å². The number of hydrogen-bond donors (Lipinski definition) is 3. The van der Waals surface area contributed by atoms with Gasteiger partial charge in [0.05, 0.1) is 23.9 Å². The molecule has 0 fully saturated rings. The fourth-order valence-corrected chi connectivity index (χ4v) is 3.14. The van der Waals surface area contributed by atoms with Gasteiger partial charge in [-0.25, -0.2) is 0 Å². The van der Waals surface area contributed by atoms with Gasteiger partial charge in [-0.05, 0) is 35.9 Å². The zero-order valence-corrected chi connectivity index (χ0v) is 17.9. The summed E-state index contributed by atoms with van der Waals surface area (Å²) in [5.74, 6) is -1.05. The number of hydrogen-bond acceptors (Lipinski definition) is 4. The van der Waals surface area contributed by atoms with Crippen LogP contribution < -0.4 is 15.5 Å². The monoisotopic (exact) mass is 449 g/mol. The highest BCUT2D eigenvalue weighted by Gasteiger charge is 2.18. The van der Waals surface area contributed by atoms with Gasteiger partial charge in [-0.1, -0.05) is 35.3 Å². The largest absolute Gasteiger partial charge is 0.392 e. The molecule has 3 amide bonds. The lowest BCUT2D eigenvalue weighted by atomic mass is 10.1. The van der Waals surface area contributed by atoms with Gasteiger partial charge < -0.3 is 20.6 Å². The van der Waals surface area contributed by atoms with Gasteiger partial charge in [0.2, 0.25) is 11.8 Å². The third-order valence-corrected chi connectivity index (χ3v) is 5.08. The topological polar surface area (TPSA) is 98.7 Å². The van der Waals surface area contributed by atoms with Crippen molar-refractivity contribution in [2.45, 2.75) is 6.61 Å². The molecule has 2 rings (SSSR count). The predicted molar refractivity (Wildman–Crippen MR) is 118 cm³/mol. The van der Waals surface area contributed by atoms with Crippen molar-refractivity contribution >= 4 is 52.7 Å². The zero-order chi connectivity index (χ0) is 22.3. The van der Waals surface area contributed by atoms with Crippen molar-refractivity contribution in [3.63, 3.8) is 0 Å². The SMILES string of the molecule is CNC(=O)c1ccc(C=CC(=O)NCC(=O)N(C)c2ccc(Cl)c(CO)c2Cl)cc1. The average Bonchev–Trinajstić information content (AvgIpc) is 2.75. The molecule has 7 nitrogen and oxygen atoms in total. The lowest BCUT2D eigenvalue weighted by Crippen LogP contribution is -2.37. The molecule has 0 heterocycles. The van der Waals surface area contributed by atoms with Gasteiger partial charge in [-0.15, -0.1) is 0 Å². The summed E-state index contributed by atoms with van der Waals surface area (Å²) < 4.78 is 0. The molecule has 3 N–H and O–H groups in total. The number of halogens is 2. The molecule has 0 bridgehead atoms. The number of nitrogens with zero attached hydrogens (tertiary/aromatic N) is 1. The Morgan fingerprint density at radius 2 is 1.77 bits per heavy atom. The van der Waals surface area contributed by atoms with E-state index >= 15 is 0 Å².